The van der Waals surface area contributed by atoms with E-state index in [4.69, 9.17) is 10.5 Å². The maximum atomic E-state index is 7.19. The Hall–Kier alpha value is -1.80. The van der Waals surface area contributed by atoms with Gasteiger partial charge in [0.25, 0.3) is 0 Å². The smallest absolute Gasteiger partial charge is 0.127 e. The second-order valence-corrected chi connectivity index (χ2v) is 3.24. The predicted octanol–water partition coefficient (Wildman–Crippen LogP) is 3.26. The van der Waals surface area contributed by atoms with Crippen molar-refractivity contribution in [3.8, 4) is 11.5 Å². The quantitative estimate of drug-likeness (QED) is 0.745. The van der Waals surface area contributed by atoms with E-state index in [9.17, 15) is 0 Å². The minimum Gasteiger partial charge on any atom is -0.457 e. The van der Waals surface area contributed by atoms with Gasteiger partial charge < -0.3 is 4.74 Å². The number of hydrogen-bond acceptors (Lipinski definition) is 1. The minimum absolute atomic E-state index is 0.311. The third-order valence-corrected chi connectivity index (χ3v) is 2.11. The summed E-state index contributed by atoms with van der Waals surface area (Å²) in [6.45, 7) is 0.311. The van der Waals surface area contributed by atoms with Gasteiger partial charge >= 0.3 is 0 Å². The lowest BCUT2D eigenvalue weighted by Gasteiger charge is -2.05. The van der Waals surface area contributed by atoms with Crippen LogP contribution in [0.4, 0.5) is 0 Å². The van der Waals surface area contributed by atoms with E-state index in [1.807, 2.05) is 54.6 Å². The Morgan fingerprint density at radius 3 is 2.00 bits per heavy atom. The first kappa shape index (κ1) is 9.74. The fourth-order valence-electron chi connectivity index (χ4n) is 1.30. The molecule has 0 atom stereocenters. The molecule has 1 N–H and O–H groups in total. The zero-order valence-corrected chi connectivity index (χ0v) is 8.31. The lowest BCUT2D eigenvalue weighted by atomic mass is 10.2. The molecular formula is C13H12NO. The lowest BCUT2D eigenvalue weighted by Crippen LogP contribution is -1.86. The molecule has 0 aliphatic carbocycles. The molecule has 0 bridgehead atoms. The van der Waals surface area contributed by atoms with Gasteiger partial charge in [-0.1, -0.05) is 30.3 Å². The van der Waals surface area contributed by atoms with Crippen LogP contribution in [0.1, 0.15) is 5.56 Å². The van der Waals surface area contributed by atoms with Crippen molar-refractivity contribution in [3.05, 3.63) is 60.2 Å². The van der Waals surface area contributed by atoms with E-state index in [0.717, 1.165) is 17.1 Å². The van der Waals surface area contributed by atoms with Gasteiger partial charge in [-0.3, -0.25) is 5.73 Å². The van der Waals surface area contributed by atoms with Gasteiger partial charge in [-0.05, 0) is 29.8 Å². The first-order valence-corrected chi connectivity index (χ1v) is 4.85. The minimum atomic E-state index is 0.311. The molecule has 0 spiro atoms. The zero-order valence-electron chi connectivity index (χ0n) is 8.31. The second kappa shape index (κ2) is 4.62. The Morgan fingerprint density at radius 1 is 0.800 bits per heavy atom. The summed E-state index contributed by atoms with van der Waals surface area (Å²) in [6.07, 6.45) is 0. The van der Waals surface area contributed by atoms with Crippen LogP contribution in [-0.4, -0.2) is 0 Å². The molecule has 0 unspecified atom stereocenters. The number of para-hydroxylation sites is 1. The Balaban J connectivity index is 2.11. The molecule has 2 nitrogen and oxygen atoms in total. The summed E-state index contributed by atoms with van der Waals surface area (Å²) in [5.41, 5.74) is 8.19. The standard InChI is InChI=1S/C13H12NO/c14-10-11-6-8-13(9-7-11)15-12-4-2-1-3-5-12/h1-9,14H,10H2. The molecule has 2 heteroatoms. The van der Waals surface area contributed by atoms with Crippen LogP contribution >= 0.6 is 0 Å². The van der Waals surface area contributed by atoms with Crippen LogP contribution in [0.3, 0.4) is 0 Å². The monoisotopic (exact) mass is 198 g/mol. The van der Waals surface area contributed by atoms with Crippen LogP contribution in [0.2, 0.25) is 0 Å². The molecule has 0 amide bonds. The van der Waals surface area contributed by atoms with Crippen molar-refractivity contribution < 1.29 is 4.74 Å². The molecule has 0 heterocycles. The summed E-state index contributed by atoms with van der Waals surface area (Å²) in [6, 6.07) is 17.2. The van der Waals surface area contributed by atoms with E-state index in [0.29, 0.717) is 6.54 Å². The number of ether oxygens (including phenoxy) is 1. The first-order valence-electron chi connectivity index (χ1n) is 4.85. The summed E-state index contributed by atoms with van der Waals surface area (Å²) in [5.74, 6) is 1.63. The van der Waals surface area contributed by atoms with Crippen molar-refractivity contribution >= 4 is 0 Å². The molecule has 0 fully saturated rings. The topological polar surface area (TPSA) is 33.0 Å². The Bertz CT molecular complexity index is 408. The van der Waals surface area contributed by atoms with Crippen LogP contribution in [0.15, 0.2) is 54.6 Å². The van der Waals surface area contributed by atoms with Crippen LogP contribution in [-0.2, 0) is 6.54 Å². The molecule has 0 aliphatic rings. The van der Waals surface area contributed by atoms with Gasteiger partial charge in [0.05, 0.1) is 0 Å². The number of nitrogens with one attached hydrogen (secondary N) is 1. The van der Waals surface area contributed by atoms with Crippen LogP contribution in [0, 0.1) is 0 Å². The maximum absolute atomic E-state index is 7.19. The molecule has 2 rings (SSSR count). The van der Waals surface area contributed by atoms with Gasteiger partial charge in [-0.25, -0.2) is 0 Å². The summed E-state index contributed by atoms with van der Waals surface area (Å²) in [7, 11) is 0. The predicted molar refractivity (Wildman–Crippen MR) is 59.8 cm³/mol. The molecule has 0 aromatic heterocycles. The van der Waals surface area contributed by atoms with Crippen LogP contribution < -0.4 is 10.5 Å². The molecule has 0 saturated carbocycles. The van der Waals surface area contributed by atoms with Gasteiger partial charge in [-0.15, -0.1) is 0 Å². The van der Waals surface area contributed by atoms with E-state index in [2.05, 4.69) is 0 Å². The molecule has 15 heavy (non-hydrogen) atoms. The van der Waals surface area contributed by atoms with E-state index < -0.39 is 0 Å². The SMILES string of the molecule is [NH]Cc1ccc(Oc2ccccc2)cc1. The highest BCUT2D eigenvalue weighted by atomic mass is 16.5. The summed E-state index contributed by atoms with van der Waals surface area (Å²) < 4.78 is 5.62. The maximum Gasteiger partial charge on any atom is 0.127 e. The van der Waals surface area contributed by atoms with E-state index in [1.54, 1.807) is 0 Å². The Kier molecular flexibility index (Phi) is 3.00. The van der Waals surface area contributed by atoms with E-state index in [1.165, 1.54) is 0 Å². The van der Waals surface area contributed by atoms with E-state index >= 15 is 0 Å². The lowest BCUT2D eigenvalue weighted by molar-refractivity contribution is 0.482. The molecule has 0 saturated heterocycles. The van der Waals surface area contributed by atoms with Gasteiger partial charge in [0.1, 0.15) is 11.5 Å². The Labute approximate surface area is 89.3 Å². The van der Waals surface area contributed by atoms with Crippen molar-refractivity contribution in [2.45, 2.75) is 6.54 Å². The molecule has 2 aromatic rings. The van der Waals surface area contributed by atoms with Gasteiger partial charge in [0, 0.05) is 6.54 Å². The normalized spacial score (nSPS) is 9.93. The number of rotatable bonds is 3. The Morgan fingerprint density at radius 2 is 1.40 bits per heavy atom. The highest BCUT2D eigenvalue weighted by Gasteiger charge is 1.95. The summed E-state index contributed by atoms with van der Waals surface area (Å²) in [4.78, 5) is 0. The fraction of sp³-hybridized carbons (Fsp3) is 0.0769. The average molecular weight is 198 g/mol. The third-order valence-electron chi connectivity index (χ3n) is 2.11. The van der Waals surface area contributed by atoms with Crippen molar-refractivity contribution in [2.75, 3.05) is 0 Å². The largest absolute Gasteiger partial charge is 0.457 e. The third kappa shape index (κ3) is 2.58. The van der Waals surface area contributed by atoms with Crippen molar-refractivity contribution in [2.24, 2.45) is 0 Å². The average Bonchev–Trinajstić information content (AvgIpc) is 2.31. The summed E-state index contributed by atoms with van der Waals surface area (Å²) >= 11 is 0. The van der Waals surface area contributed by atoms with Gasteiger partial charge in [-0.2, -0.15) is 0 Å². The van der Waals surface area contributed by atoms with Crippen LogP contribution in [0.5, 0.6) is 11.5 Å². The number of hydrogen-bond donors (Lipinski definition) is 0. The van der Waals surface area contributed by atoms with E-state index in [-0.39, 0.29) is 0 Å². The van der Waals surface area contributed by atoms with Crippen molar-refractivity contribution in [1.82, 2.24) is 5.73 Å². The molecular weight excluding hydrogens is 186 g/mol. The van der Waals surface area contributed by atoms with Crippen molar-refractivity contribution in [1.29, 1.82) is 0 Å². The van der Waals surface area contributed by atoms with Gasteiger partial charge in [0.2, 0.25) is 0 Å². The molecule has 2 aromatic carbocycles. The number of benzene rings is 2. The molecule has 75 valence electrons. The summed E-state index contributed by atoms with van der Waals surface area (Å²) in [5, 5.41) is 0. The molecule has 0 aliphatic heterocycles. The highest BCUT2D eigenvalue weighted by Crippen LogP contribution is 2.20. The van der Waals surface area contributed by atoms with Crippen molar-refractivity contribution in [3.63, 3.8) is 0 Å². The van der Waals surface area contributed by atoms with Gasteiger partial charge in [0.15, 0.2) is 0 Å². The highest BCUT2D eigenvalue weighted by molar-refractivity contribution is 5.32. The fourth-order valence-corrected chi connectivity index (χ4v) is 1.30. The first-order chi connectivity index (χ1) is 7.38. The van der Waals surface area contributed by atoms with Crippen LogP contribution in [0.25, 0.3) is 0 Å². The molecule has 1 radical (unpaired) electrons. The zero-order chi connectivity index (χ0) is 10.5. The second-order valence-electron chi connectivity index (χ2n) is 3.24.